The maximum atomic E-state index is 12.9. The van der Waals surface area contributed by atoms with Gasteiger partial charge in [0.2, 0.25) is 0 Å². The van der Waals surface area contributed by atoms with Crippen molar-refractivity contribution in [3.8, 4) is 21.5 Å². The van der Waals surface area contributed by atoms with Crippen molar-refractivity contribution in [2.45, 2.75) is 18.9 Å². The molecule has 0 aliphatic carbocycles. The van der Waals surface area contributed by atoms with Crippen molar-refractivity contribution in [1.82, 2.24) is 14.9 Å². The van der Waals surface area contributed by atoms with Gasteiger partial charge in [-0.25, -0.2) is 9.97 Å². The fraction of sp³-hybridized carbons (Fsp3) is 0.261. The standard InChI is InChI=1S/C23H21N3O3S2/c1-28-17-7-8-20-18(13-17)25-23(31-20)29-16-9-11-26(12-10-16)22(27)19-14-30-21(24-19)15-5-3-2-4-6-15/h2-8,13-14,16H,9-12H2,1H3. The Balaban J connectivity index is 1.19. The van der Waals surface area contributed by atoms with E-state index in [1.165, 1.54) is 22.7 Å². The maximum Gasteiger partial charge on any atom is 0.274 e. The molecule has 31 heavy (non-hydrogen) atoms. The molecule has 0 saturated carbocycles. The molecule has 6 nitrogen and oxygen atoms in total. The van der Waals surface area contributed by atoms with Gasteiger partial charge in [0.25, 0.3) is 11.1 Å². The summed E-state index contributed by atoms with van der Waals surface area (Å²) in [6.07, 6.45) is 1.61. The van der Waals surface area contributed by atoms with Crippen molar-refractivity contribution in [3.63, 3.8) is 0 Å². The highest BCUT2D eigenvalue weighted by atomic mass is 32.1. The molecule has 0 unspecified atom stereocenters. The Kier molecular flexibility index (Phi) is 5.57. The third-order valence-corrected chi connectivity index (χ3v) is 7.13. The third kappa shape index (κ3) is 4.26. The van der Waals surface area contributed by atoms with Gasteiger partial charge in [0, 0.05) is 42.9 Å². The first kappa shape index (κ1) is 20.0. The molecule has 1 aliphatic heterocycles. The summed E-state index contributed by atoms with van der Waals surface area (Å²) in [4.78, 5) is 23.9. The molecule has 2 aromatic carbocycles. The first-order chi connectivity index (χ1) is 15.2. The van der Waals surface area contributed by atoms with Gasteiger partial charge in [-0.1, -0.05) is 41.7 Å². The lowest BCUT2D eigenvalue weighted by Crippen LogP contribution is -2.41. The average Bonchev–Trinajstić information content (AvgIpc) is 3.46. The Bertz CT molecular complexity index is 1200. The number of fused-ring (bicyclic) bond motifs is 1. The predicted octanol–water partition coefficient (Wildman–Crippen LogP) is 5.11. The quantitative estimate of drug-likeness (QED) is 0.422. The van der Waals surface area contributed by atoms with Crippen LogP contribution in [0.4, 0.5) is 0 Å². The van der Waals surface area contributed by atoms with Crippen LogP contribution in [0, 0.1) is 0 Å². The van der Waals surface area contributed by atoms with Crippen LogP contribution in [0.15, 0.2) is 53.9 Å². The van der Waals surface area contributed by atoms with E-state index in [2.05, 4.69) is 9.97 Å². The van der Waals surface area contributed by atoms with Crippen molar-refractivity contribution in [3.05, 3.63) is 59.6 Å². The molecule has 8 heteroatoms. The minimum Gasteiger partial charge on any atom is -0.497 e. The Morgan fingerprint density at radius 2 is 1.90 bits per heavy atom. The summed E-state index contributed by atoms with van der Waals surface area (Å²) in [7, 11) is 1.65. The number of piperidine rings is 1. The highest BCUT2D eigenvalue weighted by molar-refractivity contribution is 7.20. The van der Waals surface area contributed by atoms with Crippen molar-refractivity contribution >= 4 is 38.8 Å². The van der Waals surface area contributed by atoms with Gasteiger partial charge in [-0.2, -0.15) is 0 Å². The van der Waals surface area contributed by atoms with Crippen molar-refractivity contribution in [1.29, 1.82) is 0 Å². The number of rotatable bonds is 5. The molecule has 158 valence electrons. The minimum atomic E-state index is -0.0102. The molecule has 1 amide bonds. The van der Waals surface area contributed by atoms with Crippen LogP contribution in [-0.2, 0) is 0 Å². The number of thiazole rings is 2. The van der Waals surface area contributed by atoms with E-state index in [0.29, 0.717) is 24.0 Å². The molecule has 0 radical (unpaired) electrons. The van der Waals surface area contributed by atoms with Crippen LogP contribution in [0.3, 0.4) is 0 Å². The summed E-state index contributed by atoms with van der Waals surface area (Å²) >= 11 is 3.04. The molecule has 4 aromatic rings. The molecule has 1 saturated heterocycles. The first-order valence-corrected chi connectivity index (χ1v) is 11.8. The van der Waals surface area contributed by atoms with Crippen LogP contribution in [0.5, 0.6) is 10.9 Å². The van der Waals surface area contributed by atoms with Crippen LogP contribution < -0.4 is 9.47 Å². The molecule has 3 heterocycles. The van der Waals surface area contributed by atoms with E-state index in [0.717, 1.165) is 39.4 Å². The second kappa shape index (κ2) is 8.64. The summed E-state index contributed by atoms with van der Waals surface area (Å²) < 4.78 is 12.5. The van der Waals surface area contributed by atoms with E-state index >= 15 is 0 Å². The van der Waals surface area contributed by atoms with Gasteiger partial charge in [0.05, 0.1) is 17.3 Å². The summed E-state index contributed by atoms with van der Waals surface area (Å²) in [6.45, 7) is 1.31. The van der Waals surface area contributed by atoms with Crippen LogP contribution in [-0.4, -0.2) is 47.1 Å². The van der Waals surface area contributed by atoms with E-state index < -0.39 is 0 Å². The van der Waals surface area contributed by atoms with Crippen molar-refractivity contribution < 1.29 is 14.3 Å². The zero-order valence-corrected chi connectivity index (χ0v) is 18.6. The largest absolute Gasteiger partial charge is 0.497 e. The fourth-order valence-corrected chi connectivity index (χ4v) is 5.29. The number of nitrogens with zero attached hydrogens (tertiary/aromatic N) is 3. The summed E-state index contributed by atoms with van der Waals surface area (Å²) in [6, 6.07) is 15.8. The number of methoxy groups -OCH3 is 1. The smallest absolute Gasteiger partial charge is 0.274 e. The van der Waals surface area contributed by atoms with Gasteiger partial charge in [-0.15, -0.1) is 11.3 Å². The van der Waals surface area contributed by atoms with Crippen LogP contribution in [0.1, 0.15) is 23.3 Å². The Morgan fingerprint density at radius 1 is 1.10 bits per heavy atom. The number of hydrogen-bond donors (Lipinski definition) is 0. The molecule has 0 N–H and O–H groups in total. The zero-order valence-electron chi connectivity index (χ0n) is 17.0. The van der Waals surface area contributed by atoms with E-state index in [-0.39, 0.29) is 12.0 Å². The first-order valence-electron chi connectivity index (χ1n) is 10.1. The Morgan fingerprint density at radius 3 is 2.68 bits per heavy atom. The molecule has 0 atom stereocenters. The number of aromatic nitrogens is 2. The number of carbonyl (C=O) groups excluding carboxylic acids is 1. The van der Waals surface area contributed by atoms with E-state index in [1.807, 2.05) is 58.8 Å². The predicted molar refractivity (Wildman–Crippen MR) is 123 cm³/mol. The minimum absolute atomic E-state index is 0.0102. The highest BCUT2D eigenvalue weighted by Gasteiger charge is 2.27. The normalized spacial score (nSPS) is 14.7. The van der Waals surface area contributed by atoms with Gasteiger partial charge in [-0.05, 0) is 12.1 Å². The second-order valence-corrected chi connectivity index (χ2v) is 9.18. The number of carbonyl (C=O) groups is 1. The zero-order chi connectivity index (χ0) is 21.2. The maximum absolute atomic E-state index is 12.9. The summed E-state index contributed by atoms with van der Waals surface area (Å²) in [5.41, 5.74) is 2.43. The highest BCUT2D eigenvalue weighted by Crippen LogP contribution is 2.32. The molecule has 0 bridgehead atoms. The Labute approximate surface area is 188 Å². The summed E-state index contributed by atoms with van der Waals surface area (Å²) in [5.74, 6) is 0.776. The molecule has 2 aromatic heterocycles. The van der Waals surface area contributed by atoms with Gasteiger partial charge < -0.3 is 14.4 Å². The van der Waals surface area contributed by atoms with Crippen molar-refractivity contribution in [2.24, 2.45) is 0 Å². The van der Waals surface area contributed by atoms with E-state index in [9.17, 15) is 4.79 Å². The van der Waals surface area contributed by atoms with Crippen molar-refractivity contribution in [2.75, 3.05) is 20.2 Å². The molecule has 1 fully saturated rings. The van der Waals surface area contributed by atoms with Gasteiger partial charge in [0.1, 0.15) is 22.6 Å². The van der Waals surface area contributed by atoms with Crippen LogP contribution in [0.2, 0.25) is 0 Å². The Hall–Kier alpha value is -2.97. The number of ether oxygens (including phenoxy) is 2. The number of benzene rings is 2. The van der Waals surface area contributed by atoms with Gasteiger partial charge >= 0.3 is 0 Å². The monoisotopic (exact) mass is 451 g/mol. The molecule has 0 spiro atoms. The number of likely N-dealkylation sites (tertiary alicyclic amines) is 1. The number of amides is 1. The molecule has 5 rings (SSSR count). The lowest BCUT2D eigenvalue weighted by Gasteiger charge is -2.31. The molecular weight excluding hydrogens is 430 g/mol. The van der Waals surface area contributed by atoms with Gasteiger partial charge in [-0.3, -0.25) is 4.79 Å². The lowest BCUT2D eigenvalue weighted by molar-refractivity contribution is 0.0591. The average molecular weight is 452 g/mol. The molecular formula is C23H21N3O3S2. The SMILES string of the molecule is COc1ccc2sc(OC3CCN(C(=O)c4csc(-c5ccccc5)n4)CC3)nc2c1. The lowest BCUT2D eigenvalue weighted by atomic mass is 10.1. The van der Waals surface area contributed by atoms with Crippen LogP contribution in [0.25, 0.3) is 20.8 Å². The third-order valence-electron chi connectivity index (χ3n) is 5.32. The summed E-state index contributed by atoms with van der Waals surface area (Å²) in [5, 5.41) is 3.39. The number of hydrogen-bond acceptors (Lipinski definition) is 7. The van der Waals surface area contributed by atoms with E-state index in [1.54, 1.807) is 7.11 Å². The second-order valence-electron chi connectivity index (χ2n) is 7.33. The molecule has 1 aliphatic rings. The van der Waals surface area contributed by atoms with E-state index in [4.69, 9.17) is 9.47 Å². The fourth-order valence-electron chi connectivity index (χ4n) is 3.63. The van der Waals surface area contributed by atoms with Crippen LogP contribution >= 0.6 is 22.7 Å². The van der Waals surface area contributed by atoms with Gasteiger partial charge in [0.15, 0.2) is 0 Å². The topological polar surface area (TPSA) is 64.6 Å².